The summed E-state index contributed by atoms with van der Waals surface area (Å²) in [7, 11) is 0. The van der Waals surface area contributed by atoms with Gasteiger partial charge in [0.25, 0.3) is 0 Å². The zero-order valence-electron chi connectivity index (χ0n) is 2.35. The van der Waals surface area contributed by atoms with Gasteiger partial charge in [-0.05, 0) is 0 Å². The van der Waals surface area contributed by atoms with Crippen molar-refractivity contribution >= 4 is 11.9 Å². The highest BCUT2D eigenvalue weighted by atomic mass is 35.5. The molecule has 0 aliphatic heterocycles. The van der Waals surface area contributed by atoms with E-state index in [-0.39, 0.29) is 0 Å². The summed E-state index contributed by atoms with van der Waals surface area (Å²) in [6.45, 7) is 0. The second-order valence-corrected chi connectivity index (χ2v) is 0.129. The van der Waals surface area contributed by atoms with E-state index in [0.29, 0.717) is 0 Å². The molecule has 0 radical (unpaired) electrons. The van der Waals surface area contributed by atoms with E-state index < -0.39 is 0 Å². The van der Waals surface area contributed by atoms with Gasteiger partial charge in [0.05, 0.1) is 11.9 Å². The molecule has 4 heteroatoms. The molecule has 0 saturated heterocycles. The van der Waals surface area contributed by atoms with E-state index >= 15 is 0 Å². The summed E-state index contributed by atoms with van der Waals surface area (Å²) in [5.74, 6) is 0. The molecule has 0 aromatic rings. The zero-order chi connectivity index (χ0) is 4.71. The van der Waals surface area contributed by atoms with Crippen LogP contribution in [0.3, 0.4) is 0 Å². The van der Waals surface area contributed by atoms with E-state index in [1.807, 2.05) is 0 Å². The summed E-state index contributed by atoms with van der Waals surface area (Å²) >= 11 is 3.64. The Kier molecular flexibility index (Phi) is 138. The topological polar surface area (TPSA) is 70.0 Å². The Bertz CT molecular complexity index is 31.1. The van der Waals surface area contributed by atoms with Crippen molar-refractivity contribution in [2.45, 2.75) is 0 Å². The molecule has 0 heterocycles. The van der Waals surface area contributed by atoms with E-state index in [1.165, 1.54) is 6.19 Å². The van der Waals surface area contributed by atoms with Crippen LogP contribution >= 0.6 is 11.9 Å². The molecule has 0 aliphatic rings. The smallest absolute Gasteiger partial charge is 0.173 e. The highest BCUT2D eigenvalue weighted by Crippen LogP contribution is 1.31. The summed E-state index contributed by atoms with van der Waals surface area (Å²) in [6, 6.07) is 0. The van der Waals surface area contributed by atoms with Gasteiger partial charge >= 0.3 is 0 Å². The SMILES string of the molecule is N#CN.OCl. The van der Waals surface area contributed by atoms with Crippen molar-refractivity contribution in [1.29, 1.82) is 5.26 Å². The van der Waals surface area contributed by atoms with Crippen LogP contribution in [0.5, 0.6) is 0 Å². The predicted molar refractivity (Wildman–Crippen MR) is 17.9 cm³/mol. The summed E-state index contributed by atoms with van der Waals surface area (Å²) in [5.41, 5.74) is 4.15. The van der Waals surface area contributed by atoms with E-state index in [1.54, 1.807) is 0 Å². The maximum absolute atomic E-state index is 7.10. The summed E-state index contributed by atoms with van der Waals surface area (Å²) in [6.07, 6.45) is 1.25. The van der Waals surface area contributed by atoms with Crippen LogP contribution in [0.15, 0.2) is 0 Å². The third-order valence-electron chi connectivity index (χ3n) is 0. The van der Waals surface area contributed by atoms with Crippen molar-refractivity contribution in [1.82, 2.24) is 0 Å². The number of hydrogen-bond donors (Lipinski definition) is 2. The lowest BCUT2D eigenvalue weighted by atomic mass is 11.5. The second-order valence-electron chi connectivity index (χ2n) is 0.129. The third kappa shape index (κ3) is 39.7. The van der Waals surface area contributed by atoms with Gasteiger partial charge in [-0.1, -0.05) is 0 Å². The van der Waals surface area contributed by atoms with Crippen molar-refractivity contribution in [2.24, 2.45) is 5.73 Å². The van der Waals surface area contributed by atoms with Crippen LogP contribution in [0.4, 0.5) is 0 Å². The average molecular weight is 94.5 g/mol. The number of nitriles is 1. The van der Waals surface area contributed by atoms with Gasteiger partial charge in [0.15, 0.2) is 6.19 Å². The first-order valence-electron chi connectivity index (χ1n) is 0.681. The lowest BCUT2D eigenvalue weighted by molar-refractivity contribution is 0.632. The molecule has 0 amide bonds. The Morgan fingerprint density at radius 1 is 1.80 bits per heavy atom. The summed E-state index contributed by atoms with van der Waals surface area (Å²) in [4.78, 5) is 0. The highest BCUT2D eigenvalue weighted by Gasteiger charge is 1.12. The van der Waals surface area contributed by atoms with Gasteiger partial charge in [-0.2, -0.15) is 5.26 Å². The van der Waals surface area contributed by atoms with Crippen molar-refractivity contribution in [3.05, 3.63) is 0 Å². The van der Waals surface area contributed by atoms with Crippen LogP contribution in [0.1, 0.15) is 0 Å². The first kappa shape index (κ1) is 8.82. The van der Waals surface area contributed by atoms with Crippen molar-refractivity contribution in [2.75, 3.05) is 0 Å². The molecule has 0 aliphatic carbocycles. The van der Waals surface area contributed by atoms with Gasteiger partial charge in [-0.15, -0.1) is 0 Å². The molecule has 0 spiro atoms. The average Bonchev–Trinajstić information content (AvgIpc) is 1.46. The molecule has 0 rings (SSSR count). The summed E-state index contributed by atoms with van der Waals surface area (Å²) < 4.78 is 6.47. The van der Waals surface area contributed by atoms with E-state index in [4.69, 9.17) is 9.92 Å². The highest BCUT2D eigenvalue weighted by molar-refractivity contribution is 6.04. The molecule has 0 aromatic carbocycles. The van der Waals surface area contributed by atoms with E-state index in [2.05, 4.69) is 17.6 Å². The molecule has 3 N–H and O–H groups in total. The maximum Gasteiger partial charge on any atom is 0.173 e. The Morgan fingerprint density at radius 3 is 1.80 bits per heavy atom. The van der Waals surface area contributed by atoms with E-state index in [0.717, 1.165) is 0 Å². The molecule has 0 aromatic heterocycles. The lowest BCUT2D eigenvalue weighted by Gasteiger charge is -1.24. The molecular formula is CH3ClN2O. The van der Waals surface area contributed by atoms with Gasteiger partial charge in [0.1, 0.15) is 0 Å². The minimum absolute atomic E-state index is 1.25. The second kappa shape index (κ2) is 78.3. The van der Waals surface area contributed by atoms with Gasteiger partial charge < -0.3 is 5.73 Å². The predicted octanol–water partition coefficient (Wildman–Crippen LogP) is -0.441. The molecule has 0 unspecified atom stereocenters. The monoisotopic (exact) mass is 94.0 g/mol. The molecule has 0 saturated carbocycles. The van der Waals surface area contributed by atoms with Crippen LogP contribution < -0.4 is 5.73 Å². The molecule has 5 heavy (non-hydrogen) atoms. The van der Waals surface area contributed by atoms with Crippen LogP contribution in [0.2, 0.25) is 0 Å². The minimum Gasteiger partial charge on any atom is -0.337 e. The number of nitrogens with two attached hydrogens (primary N) is 1. The molecule has 3 nitrogen and oxygen atoms in total. The van der Waals surface area contributed by atoms with Gasteiger partial charge in [0.2, 0.25) is 0 Å². The van der Waals surface area contributed by atoms with Crippen LogP contribution in [-0.4, -0.2) is 4.66 Å². The Morgan fingerprint density at radius 2 is 1.80 bits per heavy atom. The Balaban J connectivity index is 0. The summed E-state index contributed by atoms with van der Waals surface area (Å²) in [5, 5.41) is 7.10. The molecule has 0 bridgehead atoms. The number of nitrogens with zero attached hydrogens (tertiary/aromatic N) is 1. The van der Waals surface area contributed by atoms with Crippen LogP contribution in [0.25, 0.3) is 0 Å². The minimum atomic E-state index is 1.25. The van der Waals surface area contributed by atoms with Gasteiger partial charge in [0, 0.05) is 0 Å². The van der Waals surface area contributed by atoms with Crippen molar-refractivity contribution in [3.63, 3.8) is 0 Å². The number of halogens is 1. The molecule has 30 valence electrons. The van der Waals surface area contributed by atoms with E-state index in [9.17, 15) is 0 Å². The first-order valence-corrected chi connectivity index (χ1v) is 1.02. The van der Waals surface area contributed by atoms with Crippen LogP contribution in [0, 0.1) is 11.5 Å². The van der Waals surface area contributed by atoms with Crippen molar-refractivity contribution in [3.8, 4) is 6.19 Å². The van der Waals surface area contributed by atoms with Crippen molar-refractivity contribution < 1.29 is 4.66 Å². The largest absolute Gasteiger partial charge is 0.337 e. The fraction of sp³-hybridized carbons (Fsp3) is 0. The lowest BCUT2D eigenvalue weighted by Crippen LogP contribution is -1.69. The Labute approximate surface area is 34.7 Å². The molecule has 0 fully saturated rings. The quantitative estimate of drug-likeness (QED) is 0.316. The Hall–Kier alpha value is -0.460. The normalized spacial score (nSPS) is 2.60. The number of rotatable bonds is 0. The molecular weight excluding hydrogens is 91.5 g/mol. The van der Waals surface area contributed by atoms with Gasteiger partial charge in [-0.25, -0.2) is 0 Å². The van der Waals surface area contributed by atoms with Crippen LogP contribution in [-0.2, 0) is 0 Å². The maximum atomic E-state index is 7.10. The first-order chi connectivity index (χ1) is 2.41. The zero-order valence-corrected chi connectivity index (χ0v) is 3.11. The fourth-order valence-corrected chi connectivity index (χ4v) is 0. The van der Waals surface area contributed by atoms with Gasteiger partial charge in [-0.3, -0.25) is 4.66 Å². The fourth-order valence-electron chi connectivity index (χ4n) is 0. The standard InChI is InChI=1S/CH2N2.ClHO/c2-1-3;1-2/h2H2;2H. The third-order valence-corrected chi connectivity index (χ3v) is 0. The number of hydrogen-bond acceptors (Lipinski definition) is 3. The molecule has 0 atom stereocenters.